The van der Waals surface area contributed by atoms with E-state index >= 15 is 0 Å². The summed E-state index contributed by atoms with van der Waals surface area (Å²) in [6.07, 6.45) is 3.30. The molecule has 0 aliphatic heterocycles. The average Bonchev–Trinajstić information content (AvgIpc) is 2.98. The molecule has 22 heavy (non-hydrogen) atoms. The highest BCUT2D eigenvalue weighted by atomic mass is 19.1. The lowest BCUT2D eigenvalue weighted by molar-refractivity contribution is 0.167. The molecular weight excluding hydrogens is 287 g/mol. The number of amides is 2. The van der Waals surface area contributed by atoms with Crippen molar-refractivity contribution in [3.05, 3.63) is 42.5 Å². The fraction of sp³-hybridized carbons (Fsp3) is 0.333. The van der Waals surface area contributed by atoms with E-state index in [1.54, 1.807) is 43.2 Å². The Morgan fingerprint density at radius 3 is 2.95 bits per heavy atom. The maximum Gasteiger partial charge on any atom is 0.321 e. The molecule has 1 atom stereocenters. The van der Waals surface area contributed by atoms with Gasteiger partial charge in [-0.25, -0.2) is 13.9 Å². The van der Waals surface area contributed by atoms with Crippen molar-refractivity contribution in [2.24, 2.45) is 0 Å². The first-order valence-electron chi connectivity index (χ1n) is 6.97. The number of carbonyl (C=O) groups excluding carboxylic acids is 1. The van der Waals surface area contributed by atoms with Crippen molar-refractivity contribution < 1.29 is 14.3 Å². The van der Waals surface area contributed by atoms with Crippen LogP contribution in [0.3, 0.4) is 0 Å². The molecule has 0 saturated heterocycles. The number of aromatic nitrogens is 2. The molecule has 2 N–H and O–H groups in total. The van der Waals surface area contributed by atoms with Gasteiger partial charge in [-0.3, -0.25) is 0 Å². The van der Waals surface area contributed by atoms with Crippen molar-refractivity contribution in [2.75, 3.05) is 18.9 Å². The highest BCUT2D eigenvalue weighted by Gasteiger charge is 2.13. The zero-order chi connectivity index (χ0) is 16.1. The number of carbonyl (C=O) groups is 1. The van der Waals surface area contributed by atoms with Gasteiger partial charge in [-0.15, -0.1) is 0 Å². The molecular formula is C15H19FN4O2. The molecule has 0 fully saturated rings. The van der Waals surface area contributed by atoms with Gasteiger partial charge in [0.05, 0.1) is 17.5 Å². The van der Waals surface area contributed by atoms with E-state index in [9.17, 15) is 14.3 Å². The van der Waals surface area contributed by atoms with Crippen LogP contribution in [0.1, 0.15) is 13.3 Å². The number of aliphatic hydroxyl groups is 1. The highest BCUT2D eigenvalue weighted by molar-refractivity contribution is 5.91. The van der Waals surface area contributed by atoms with Gasteiger partial charge in [0.25, 0.3) is 0 Å². The third-order valence-corrected chi connectivity index (χ3v) is 3.18. The van der Waals surface area contributed by atoms with Crippen LogP contribution in [0.25, 0.3) is 5.69 Å². The minimum atomic E-state index is -0.482. The predicted octanol–water partition coefficient (Wildman–Crippen LogP) is 2.25. The Kier molecular flexibility index (Phi) is 5.11. The van der Waals surface area contributed by atoms with Gasteiger partial charge in [0.15, 0.2) is 0 Å². The largest absolute Gasteiger partial charge is 0.393 e. The SMILES string of the molecule is CC(O)CCN(C)C(=O)Nc1cc(F)ccc1-n1cccn1. The molecule has 0 aliphatic rings. The minimum absolute atomic E-state index is 0.331. The molecule has 0 spiro atoms. The number of halogens is 1. The van der Waals surface area contributed by atoms with Gasteiger partial charge in [0.1, 0.15) is 5.82 Å². The molecule has 2 rings (SSSR count). The number of rotatable bonds is 5. The number of anilines is 1. The predicted molar refractivity (Wildman–Crippen MR) is 81.5 cm³/mol. The molecule has 0 saturated carbocycles. The lowest BCUT2D eigenvalue weighted by Crippen LogP contribution is -2.33. The number of hydrogen-bond acceptors (Lipinski definition) is 3. The highest BCUT2D eigenvalue weighted by Crippen LogP contribution is 2.21. The molecule has 7 heteroatoms. The van der Waals surface area contributed by atoms with Crippen LogP contribution in [0.2, 0.25) is 0 Å². The van der Waals surface area contributed by atoms with Crippen molar-refractivity contribution in [2.45, 2.75) is 19.4 Å². The lowest BCUT2D eigenvalue weighted by Gasteiger charge is -2.20. The van der Waals surface area contributed by atoms with E-state index in [1.807, 2.05) is 0 Å². The summed E-state index contributed by atoms with van der Waals surface area (Å²) in [6, 6.07) is 5.47. The number of aliphatic hydroxyl groups excluding tert-OH is 1. The van der Waals surface area contributed by atoms with Crippen molar-refractivity contribution in [1.82, 2.24) is 14.7 Å². The molecule has 118 valence electrons. The summed E-state index contributed by atoms with van der Waals surface area (Å²) in [7, 11) is 1.62. The quantitative estimate of drug-likeness (QED) is 0.890. The summed E-state index contributed by atoms with van der Waals surface area (Å²) in [6.45, 7) is 2.06. The zero-order valence-corrected chi connectivity index (χ0v) is 12.5. The van der Waals surface area contributed by atoms with E-state index in [-0.39, 0.29) is 6.03 Å². The molecule has 1 heterocycles. The second-order valence-corrected chi connectivity index (χ2v) is 5.10. The first kappa shape index (κ1) is 16.0. The Labute approximate surface area is 128 Å². The van der Waals surface area contributed by atoms with Crippen LogP contribution in [0.15, 0.2) is 36.7 Å². The minimum Gasteiger partial charge on any atom is -0.393 e. The number of hydrogen-bond donors (Lipinski definition) is 2. The van der Waals surface area contributed by atoms with Gasteiger partial charge in [-0.1, -0.05) is 0 Å². The summed E-state index contributed by atoms with van der Waals surface area (Å²) >= 11 is 0. The molecule has 2 amide bonds. The monoisotopic (exact) mass is 306 g/mol. The van der Waals surface area contributed by atoms with Crippen molar-refractivity contribution in [3.8, 4) is 5.69 Å². The Morgan fingerprint density at radius 1 is 1.55 bits per heavy atom. The van der Waals surface area contributed by atoms with E-state index in [4.69, 9.17) is 0 Å². The Balaban J connectivity index is 2.15. The van der Waals surface area contributed by atoms with Crippen LogP contribution in [0.4, 0.5) is 14.9 Å². The van der Waals surface area contributed by atoms with Crippen LogP contribution < -0.4 is 5.32 Å². The number of nitrogens with zero attached hydrogens (tertiary/aromatic N) is 3. The Morgan fingerprint density at radius 2 is 2.32 bits per heavy atom. The van der Waals surface area contributed by atoms with Crippen molar-refractivity contribution in [1.29, 1.82) is 0 Å². The van der Waals surface area contributed by atoms with Crippen LogP contribution in [-0.4, -0.2) is 45.5 Å². The average molecular weight is 306 g/mol. The second-order valence-electron chi connectivity index (χ2n) is 5.10. The standard InChI is InChI=1S/C15H19FN4O2/c1-11(21)6-9-19(2)15(22)18-13-10-12(16)4-5-14(13)20-8-3-7-17-20/h3-5,7-8,10-11,21H,6,9H2,1-2H3,(H,18,22). The van der Waals surface area contributed by atoms with E-state index in [0.29, 0.717) is 24.3 Å². The molecule has 0 bridgehead atoms. The summed E-state index contributed by atoms with van der Waals surface area (Å²) in [4.78, 5) is 13.6. The van der Waals surface area contributed by atoms with E-state index in [1.165, 1.54) is 17.0 Å². The van der Waals surface area contributed by atoms with E-state index in [2.05, 4.69) is 10.4 Å². The second kappa shape index (κ2) is 7.04. The maximum absolute atomic E-state index is 13.5. The van der Waals surface area contributed by atoms with Crippen molar-refractivity contribution >= 4 is 11.7 Å². The van der Waals surface area contributed by atoms with Gasteiger partial charge in [-0.2, -0.15) is 5.10 Å². The van der Waals surface area contributed by atoms with Gasteiger partial charge in [0, 0.05) is 26.0 Å². The summed E-state index contributed by atoms with van der Waals surface area (Å²) in [5.74, 6) is -0.446. The Bertz CT molecular complexity index is 628. The van der Waals surface area contributed by atoms with Crippen LogP contribution in [-0.2, 0) is 0 Å². The summed E-state index contributed by atoms with van der Waals surface area (Å²) < 4.78 is 15.0. The third kappa shape index (κ3) is 4.05. The van der Waals surface area contributed by atoms with Gasteiger partial charge in [0.2, 0.25) is 0 Å². The summed E-state index contributed by atoms with van der Waals surface area (Å²) in [5, 5.41) is 16.0. The topological polar surface area (TPSA) is 70.4 Å². The molecule has 1 aromatic heterocycles. The van der Waals surface area contributed by atoms with E-state index < -0.39 is 11.9 Å². The normalized spacial score (nSPS) is 12.0. The van der Waals surface area contributed by atoms with Crippen LogP contribution in [0, 0.1) is 5.82 Å². The fourth-order valence-electron chi connectivity index (χ4n) is 1.91. The van der Waals surface area contributed by atoms with Crippen molar-refractivity contribution in [3.63, 3.8) is 0 Å². The molecule has 1 unspecified atom stereocenters. The van der Waals surface area contributed by atoms with Gasteiger partial charge in [-0.05, 0) is 37.6 Å². The molecule has 6 nitrogen and oxygen atoms in total. The van der Waals surface area contributed by atoms with Crippen LogP contribution in [0.5, 0.6) is 0 Å². The van der Waals surface area contributed by atoms with E-state index in [0.717, 1.165) is 0 Å². The first-order chi connectivity index (χ1) is 10.5. The third-order valence-electron chi connectivity index (χ3n) is 3.18. The number of urea groups is 1. The molecule has 0 aliphatic carbocycles. The fourth-order valence-corrected chi connectivity index (χ4v) is 1.91. The number of nitrogens with one attached hydrogen (secondary N) is 1. The molecule has 0 radical (unpaired) electrons. The first-order valence-corrected chi connectivity index (χ1v) is 6.97. The molecule has 2 aromatic rings. The zero-order valence-electron chi connectivity index (χ0n) is 12.5. The number of benzene rings is 1. The lowest BCUT2D eigenvalue weighted by atomic mass is 10.2. The summed E-state index contributed by atoms with van der Waals surface area (Å²) in [5.41, 5.74) is 0.904. The Hall–Kier alpha value is -2.41. The van der Waals surface area contributed by atoms with Gasteiger partial charge >= 0.3 is 6.03 Å². The van der Waals surface area contributed by atoms with Crippen LogP contribution >= 0.6 is 0 Å². The van der Waals surface area contributed by atoms with Gasteiger partial charge < -0.3 is 15.3 Å². The smallest absolute Gasteiger partial charge is 0.321 e. The maximum atomic E-state index is 13.5. The molecule has 1 aromatic carbocycles.